The molecule has 0 saturated heterocycles. The molecule has 0 bridgehead atoms. The van der Waals surface area contributed by atoms with Gasteiger partial charge in [0.2, 0.25) is 0 Å². The Bertz CT molecular complexity index is 744. The van der Waals surface area contributed by atoms with Crippen molar-refractivity contribution in [3.8, 4) is 11.5 Å². The van der Waals surface area contributed by atoms with Crippen molar-refractivity contribution in [2.45, 2.75) is 19.6 Å². The molecule has 2 heterocycles. The minimum atomic E-state index is -0.0472. The zero-order chi connectivity index (χ0) is 17.1. The van der Waals surface area contributed by atoms with Crippen LogP contribution in [0.1, 0.15) is 26.6 Å². The topological polar surface area (TPSA) is 60.9 Å². The van der Waals surface area contributed by atoms with Crippen LogP contribution >= 0.6 is 11.3 Å². The van der Waals surface area contributed by atoms with Gasteiger partial charge in [0.05, 0.1) is 20.8 Å². The number of thiazole rings is 1. The maximum absolute atomic E-state index is 12.7. The lowest BCUT2D eigenvalue weighted by atomic mass is 9.98. The van der Waals surface area contributed by atoms with Crippen molar-refractivity contribution in [1.29, 1.82) is 0 Å². The van der Waals surface area contributed by atoms with Crippen LogP contribution in [0.3, 0.4) is 0 Å². The predicted molar refractivity (Wildman–Crippen MR) is 90.8 cm³/mol. The summed E-state index contributed by atoms with van der Waals surface area (Å²) >= 11 is 1.44. The molecule has 0 radical (unpaired) electrons. The van der Waals surface area contributed by atoms with Crippen LogP contribution in [0.2, 0.25) is 0 Å². The number of ether oxygens (including phenoxy) is 3. The number of rotatable bonds is 5. The van der Waals surface area contributed by atoms with E-state index in [4.69, 9.17) is 14.2 Å². The minimum Gasteiger partial charge on any atom is -0.493 e. The van der Waals surface area contributed by atoms with Crippen molar-refractivity contribution in [3.05, 3.63) is 39.3 Å². The van der Waals surface area contributed by atoms with Gasteiger partial charge in [0.25, 0.3) is 5.91 Å². The third-order valence-corrected chi connectivity index (χ3v) is 4.87. The van der Waals surface area contributed by atoms with Crippen LogP contribution in [-0.2, 0) is 24.3 Å². The molecule has 24 heavy (non-hydrogen) atoms. The van der Waals surface area contributed by atoms with Gasteiger partial charge in [0.1, 0.15) is 10.7 Å². The number of amides is 1. The lowest BCUT2D eigenvalue weighted by Gasteiger charge is -2.29. The number of carbonyl (C=O) groups is 1. The molecule has 0 N–H and O–H groups in total. The van der Waals surface area contributed by atoms with Gasteiger partial charge in [-0.25, -0.2) is 4.98 Å². The Hall–Kier alpha value is -2.12. The Kier molecular flexibility index (Phi) is 5.01. The van der Waals surface area contributed by atoms with Crippen molar-refractivity contribution in [2.75, 3.05) is 27.9 Å². The summed E-state index contributed by atoms with van der Waals surface area (Å²) in [6.45, 7) is 1.64. The van der Waals surface area contributed by atoms with Crippen LogP contribution < -0.4 is 9.47 Å². The first-order valence-corrected chi connectivity index (χ1v) is 8.50. The molecule has 0 unspecified atom stereocenters. The Morgan fingerprint density at radius 1 is 1.21 bits per heavy atom. The van der Waals surface area contributed by atoms with E-state index in [1.54, 1.807) is 26.7 Å². The lowest BCUT2D eigenvalue weighted by molar-refractivity contribution is 0.0728. The van der Waals surface area contributed by atoms with Gasteiger partial charge >= 0.3 is 0 Å². The van der Waals surface area contributed by atoms with Gasteiger partial charge in [0.15, 0.2) is 11.5 Å². The van der Waals surface area contributed by atoms with E-state index in [2.05, 4.69) is 4.98 Å². The largest absolute Gasteiger partial charge is 0.493 e. The van der Waals surface area contributed by atoms with E-state index in [1.165, 1.54) is 16.9 Å². The average molecular weight is 348 g/mol. The molecule has 1 aromatic carbocycles. The molecule has 2 aromatic rings. The summed E-state index contributed by atoms with van der Waals surface area (Å²) in [4.78, 5) is 18.8. The van der Waals surface area contributed by atoms with Crippen LogP contribution in [0.5, 0.6) is 11.5 Å². The molecule has 1 amide bonds. The quantitative estimate of drug-likeness (QED) is 0.831. The van der Waals surface area contributed by atoms with Gasteiger partial charge in [-0.1, -0.05) is 0 Å². The fraction of sp³-hybridized carbons (Fsp3) is 0.412. The van der Waals surface area contributed by atoms with Gasteiger partial charge in [-0.15, -0.1) is 11.3 Å². The van der Waals surface area contributed by atoms with E-state index in [-0.39, 0.29) is 5.91 Å². The van der Waals surface area contributed by atoms with E-state index in [9.17, 15) is 4.79 Å². The molecule has 1 aliphatic rings. The lowest BCUT2D eigenvalue weighted by Crippen LogP contribution is -2.36. The van der Waals surface area contributed by atoms with E-state index in [1.807, 2.05) is 17.0 Å². The van der Waals surface area contributed by atoms with Crippen molar-refractivity contribution < 1.29 is 19.0 Å². The Morgan fingerprint density at radius 2 is 1.92 bits per heavy atom. The molecule has 1 aromatic heterocycles. The SMILES string of the molecule is COCc1nc(C(=O)N2CCc3cc(OC)c(OC)cc3C2)cs1. The zero-order valence-electron chi connectivity index (χ0n) is 14.0. The summed E-state index contributed by atoms with van der Waals surface area (Å²) in [5, 5.41) is 2.60. The third-order valence-electron chi connectivity index (χ3n) is 4.04. The molecule has 0 fully saturated rings. The van der Waals surface area contributed by atoms with E-state index in [0.717, 1.165) is 22.7 Å². The molecule has 7 heteroatoms. The highest BCUT2D eigenvalue weighted by molar-refractivity contribution is 7.09. The highest BCUT2D eigenvalue weighted by Crippen LogP contribution is 2.33. The van der Waals surface area contributed by atoms with Crippen LogP contribution in [0.25, 0.3) is 0 Å². The molecule has 0 saturated carbocycles. The fourth-order valence-corrected chi connectivity index (χ4v) is 3.56. The molecule has 0 atom stereocenters. The monoisotopic (exact) mass is 348 g/mol. The molecular formula is C17H20N2O4S. The van der Waals surface area contributed by atoms with Crippen molar-refractivity contribution in [1.82, 2.24) is 9.88 Å². The number of hydrogen-bond donors (Lipinski definition) is 0. The van der Waals surface area contributed by atoms with E-state index < -0.39 is 0 Å². The summed E-state index contributed by atoms with van der Waals surface area (Å²) in [5.74, 6) is 1.36. The van der Waals surface area contributed by atoms with Crippen molar-refractivity contribution in [2.24, 2.45) is 0 Å². The smallest absolute Gasteiger partial charge is 0.273 e. The fourth-order valence-electron chi connectivity index (χ4n) is 2.82. The van der Waals surface area contributed by atoms with Crippen molar-refractivity contribution in [3.63, 3.8) is 0 Å². The number of nitrogens with zero attached hydrogens (tertiary/aromatic N) is 2. The van der Waals surface area contributed by atoms with Gasteiger partial charge in [0, 0.05) is 25.6 Å². The summed E-state index contributed by atoms with van der Waals surface area (Å²) in [6, 6.07) is 3.94. The molecule has 3 rings (SSSR count). The van der Waals surface area contributed by atoms with E-state index >= 15 is 0 Å². The first-order valence-electron chi connectivity index (χ1n) is 7.62. The summed E-state index contributed by atoms with van der Waals surface area (Å²) in [7, 11) is 4.86. The van der Waals surface area contributed by atoms with Crippen LogP contribution in [-0.4, -0.2) is 43.7 Å². The number of carbonyl (C=O) groups excluding carboxylic acids is 1. The maximum Gasteiger partial charge on any atom is 0.273 e. The summed E-state index contributed by atoms with van der Waals surface area (Å²) < 4.78 is 15.8. The van der Waals surface area contributed by atoms with Crippen LogP contribution in [0, 0.1) is 0 Å². The van der Waals surface area contributed by atoms with Crippen LogP contribution in [0.15, 0.2) is 17.5 Å². The second-order valence-electron chi connectivity index (χ2n) is 5.51. The van der Waals surface area contributed by atoms with Crippen molar-refractivity contribution >= 4 is 17.2 Å². The minimum absolute atomic E-state index is 0.0472. The average Bonchev–Trinajstić information content (AvgIpc) is 3.08. The third kappa shape index (κ3) is 3.22. The first kappa shape index (κ1) is 16.7. The number of aromatic nitrogens is 1. The standard InChI is InChI=1S/C17H20N2O4S/c1-21-9-16-18-13(10-24-16)17(20)19-5-4-11-6-14(22-2)15(23-3)7-12(11)8-19/h6-7,10H,4-5,8-9H2,1-3H3. The number of methoxy groups -OCH3 is 3. The highest BCUT2D eigenvalue weighted by Gasteiger charge is 2.25. The highest BCUT2D eigenvalue weighted by atomic mass is 32.1. The van der Waals surface area contributed by atoms with Gasteiger partial charge in [-0.05, 0) is 29.7 Å². The second kappa shape index (κ2) is 7.19. The van der Waals surface area contributed by atoms with E-state index in [0.29, 0.717) is 31.1 Å². The Balaban J connectivity index is 1.79. The number of fused-ring (bicyclic) bond motifs is 1. The Labute approximate surface area is 145 Å². The zero-order valence-corrected chi connectivity index (χ0v) is 14.8. The van der Waals surface area contributed by atoms with Gasteiger partial charge in [-0.3, -0.25) is 4.79 Å². The molecule has 0 spiro atoms. The molecule has 128 valence electrons. The summed E-state index contributed by atoms with van der Waals surface area (Å²) in [5.41, 5.74) is 2.76. The molecule has 1 aliphatic heterocycles. The maximum atomic E-state index is 12.7. The number of benzene rings is 1. The molecular weight excluding hydrogens is 328 g/mol. The Morgan fingerprint density at radius 3 is 2.58 bits per heavy atom. The number of hydrogen-bond acceptors (Lipinski definition) is 6. The normalized spacial score (nSPS) is 13.5. The predicted octanol–water partition coefficient (Wildman–Crippen LogP) is 2.51. The second-order valence-corrected chi connectivity index (χ2v) is 6.45. The van der Waals surface area contributed by atoms with Crippen LogP contribution in [0.4, 0.5) is 0 Å². The first-order chi connectivity index (χ1) is 11.7. The van der Waals surface area contributed by atoms with Gasteiger partial charge < -0.3 is 19.1 Å². The molecule has 6 nitrogen and oxygen atoms in total. The molecule has 0 aliphatic carbocycles. The van der Waals surface area contributed by atoms with Gasteiger partial charge in [-0.2, -0.15) is 0 Å². The summed E-state index contributed by atoms with van der Waals surface area (Å²) in [6.07, 6.45) is 0.788.